The topological polar surface area (TPSA) is 26.3 Å². The number of carbonyl (C=O) groups is 1. The molecule has 0 radical (unpaired) electrons. The van der Waals surface area contributed by atoms with E-state index in [4.69, 9.17) is 4.74 Å². The zero-order valence-electron chi connectivity index (χ0n) is 10.7. The molecule has 2 nitrogen and oxygen atoms in total. The van der Waals surface area contributed by atoms with Crippen molar-refractivity contribution >= 4 is 17.7 Å². The first-order valence-corrected chi connectivity index (χ1v) is 6.65. The Hall–Kier alpha value is -1.17. The van der Waals surface area contributed by atoms with Crippen LogP contribution in [0.25, 0.3) is 0 Å². The number of alkyl halides is 3. The minimum atomic E-state index is -4.33. The van der Waals surface area contributed by atoms with E-state index < -0.39 is 11.5 Å². The fourth-order valence-corrected chi connectivity index (χ4v) is 2.40. The molecule has 0 aliphatic rings. The van der Waals surface area contributed by atoms with E-state index in [1.54, 1.807) is 32.0 Å². The van der Waals surface area contributed by atoms with Crippen LogP contribution in [0.2, 0.25) is 0 Å². The maximum atomic E-state index is 12.5. The average molecular weight is 292 g/mol. The Balaban J connectivity index is 2.82. The summed E-state index contributed by atoms with van der Waals surface area (Å²) in [6.07, 6.45) is 0.335. The summed E-state index contributed by atoms with van der Waals surface area (Å²) in [5.41, 5.74) is -3.25. The summed E-state index contributed by atoms with van der Waals surface area (Å²) in [5, 5.41) is 0. The zero-order chi connectivity index (χ0) is 14.5. The van der Waals surface area contributed by atoms with Gasteiger partial charge >= 0.3 is 11.5 Å². The van der Waals surface area contributed by atoms with Gasteiger partial charge in [0.25, 0.3) is 0 Å². The molecule has 19 heavy (non-hydrogen) atoms. The SMILES string of the molecule is CCOC(=O)CCc1cccc(C)c1SC(F)(F)F. The summed E-state index contributed by atoms with van der Waals surface area (Å²) >= 11 is -0.133. The zero-order valence-corrected chi connectivity index (χ0v) is 11.5. The Labute approximate surface area is 114 Å². The predicted molar refractivity (Wildman–Crippen MR) is 68.0 cm³/mol. The van der Waals surface area contributed by atoms with E-state index in [-0.39, 0.29) is 36.1 Å². The van der Waals surface area contributed by atoms with Crippen LogP contribution in [0.3, 0.4) is 0 Å². The molecule has 106 valence electrons. The first kappa shape index (κ1) is 15.9. The van der Waals surface area contributed by atoms with Crippen LogP contribution in [-0.2, 0) is 16.0 Å². The molecule has 0 unspecified atom stereocenters. The highest BCUT2D eigenvalue weighted by molar-refractivity contribution is 8.00. The molecule has 0 N–H and O–H groups in total. The number of aryl methyl sites for hydroxylation is 2. The monoisotopic (exact) mass is 292 g/mol. The van der Waals surface area contributed by atoms with Crippen molar-refractivity contribution in [3.8, 4) is 0 Å². The minimum Gasteiger partial charge on any atom is -0.466 e. The largest absolute Gasteiger partial charge is 0.466 e. The number of benzene rings is 1. The molecule has 0 amide bonds. The van der Waals surface area contributed by atoms with Crippen LogP contribution >= 0.6 is 11.8 Å². The van der Waals surface area contributed by atoms with Crippen LogP contribution in [0.5, 0.6) is 0 Å². The maximum absolute atomic E-state index is 12.5. The van der Waals surface area contributed by atoms with Gasteiger partial charge in [0.15, 0.2) is 0 Å². The van der Waals surface area contributed by atoms with Gasteiger partial charge in [-0.3, -0.25) is 4.79 Å². The van der Waals surface area contributed by atoms with Crippen molar-refractivity contribution < 1.29 is 22.7 Å². The summed E-state index contributed by atoms with van der Waals surface area (Å²) in [6.45, 7) is 3.59. The Morgan fingerprint density at radius 3 is 2.63 bits per heavy atom. The first-order chi connectivity index (χ1) is 8.83. The van der Waals surface area contributed by atoms with Crippen molar-refractivity contribution in [2.24, 2.45) is 0 Å². The van der Waals surface area contributed by atoms with Gasteiger partial charge in [0.2, 0.25) is 0 Å². The molecule has 1 aromatic rings. The van der Waals surface area contributed by atoms with Crippen LogP contribution in [0.1, 0.15) is 24.5 Å². The number of rotatable bonds is 5. The molecule has 0 fully saturated rings. The van der Waals surface area contributed by atoms with Gasteiger partial charge < -0.3 is 4.74 Å². The lowest BCUT2D eigenvalue weighted by atomic mass is 10.1. The second-order valence-electron chi connectivity index (χ2n) is 3.92. The maximum Gasteiger partial charge on any atom is 0.446 e. The Morgan fingerprint density at radius 2 is 2.05 bits per heavy atom. The molecule has 0 saturated heterocycles. The molecule has 6 heteroatoms. The molecular formula is C13H15F3O2S. The van der Waals surface area contributed by atoms with Gasteiger partial charge in [-0.05, 0) is 43.2 Å². The van der Waals surface area contributed by atoms with Crippen molar-refractivity contribution in [3.63, 3.8) is 0 Å². The van der Waals surface area contributed by atoms with Gasteiger partial charge in [-0.2, -0.15) is 13.2 Å². The second-order valence-corrected chi connectivity index (χ2v) is 4.99. The lowest BCUT2D eigenvalue weighted by Gasteiger charge is -2.13. The van der Waals surface area contributed by atoms with Crippen LogP contribution in [0.15, 0.2) is 23.1 Å². The van der Waals surface area contributed by atoms with Crippen molar-refractivity contribution in [1.82, 2.24) is 0 Å². The second kappa shape index (κ2) is 6.84. The molecule has 0 bridgehead atoms. The lowest BCUT2D eigenvalue weighted by Crippen LogP contribution is -2.07. The summed E-state index contributed by atoms with van der Waals surface area (Å²) in [4.78, 5) is 11.4. The van der Waals surface area contributed by atoms with Gasteiger partial charge in [-0.15, -0.1) is 0 Å². The quantitative estimate of drug-likeness (QED) is 0.603. The van der Waals surface area contributed by atoms with Gasteiger partial charge in [-0.25, -0.2) is 0 Å². The molecule has 0 atom stereocenters. The average Bonchev–Trinajstić information content (AvgIpc) is 2.29. The van der Waals surface area contributed by atoms with Crippen LogP contribution in [0.4, 0.5) is 13.2 Å². The third-order valence-electron chi connectivity index (χ3n) is 2.42. The Bertz CT molecular complexity index is 444. The van der Waals surface area contributed by atoms with Crippen LogP contribution in [-0.4, -0.2) is 18.1 Å². The Morgan fingerprint density at radius 1 is 1.37 bits per heavy atom. The number of ether oxygens (including phenoxy) is 1. The van der Waals surface area contributed by atoms with E-state index in [1.807, 2.05) is 0 Å². The van der Waals surface area contributed by atoms with Crippen molar-refractivity contribution in [1.29, 1.82) is 0 Å². The molecule has 0 heterocycles. The molecular weight excluding hydrogens is 277 g/mol. The van der Waals surface area contributed by atoms with Gasteiger partial charge in [0, 0.05) is 11.3 Å². The number of halogens is 3. The van der Waals surface area contributed by atoms with Gasteiger partial charge in [-0.1, -0.05) is 18.2 Å². The summed E-state index contributed by atoms with van der Waals surface area (Å²) in [7, 11) is 0. The van der Waals surface area contributed by atoms with E-state index >= 15 is 0 Å². The van der Waals surface area contributed by atoms with Gasteiger partial charge in [0.1, 0.15) is 0 Å². The highest BCUT2D eigenvalue weighted by atomic mass is 32.2. The molecule has 0 saturated carbocycles. The van der Waals surface area contributed by atoms with Gasteiger partial charge in [0.05, 0.1) is 6.61 Å². The molecule has 1 rings (SSSR count). The highest BCUT2D eigenvalue weighted by Crippen LogP contribution is 2.40. The third kappa shape index (κ3) is 5.55. The number of esters is 1. The van der Waals surface area contributed by atoms with Crippen LogP contribution in [0, 0.1) is 6.92 Å². The highest BCUT2D eigenvalue weighted by Gasteiger charge is 2.31. The number of carbonyl (C=O) groups excluding carboxylic acids is 1. The molecule has 0 aliphatic heterocycles. The smallest absolute Gasteiger partial charge is 0.446 e. The van der Waals surface area contributed by atoms with E-state index in [9.17, 15) is 18.0 Å². The van der Waals surface area contributed by atoms with Crippen molar-refractivity contribution in [3.05, 3.63) is 29.3 Å². The standard InChI is InChI=1S/C13H15F3O2S/c1-3-18-11(17)8-7-10-6-4-5-9(2)12(10)19-13(14,15)16/h4-6H,3,7-8H2,1-2H3. The summed E-state index contributed by atoms with van der Waals surface area (Å²) in [6, 6.07) is 4.93. The molecule has 0 aliphatic carbocycles. The molecule has 1 aromatic carbocycles. The van der Waals surface area contributed by atoms with E-state index in [2.05, 4.69) is 0 Å². The molecule has 0 spiro atoms. The minimum absolute atomic E-state index is 0.0860. The number of thioether (sulfide) groups is 1. The fraction of sp³-hybridized carbons (Fsp3) is 0.462. The number of hydrogen-bond acceptors (Lipinski definition) is 3. The normalized spacial score (nSPS) is 11.4. The van der Waals surface area contributed by atoms with E-state index in [1.165, 1.54) is 0 Å². The predicted octanol–water partition coefficient (Wildman–Crippen LogP) is 4.10. The summed E-state index contributed by atoms with van der Waals surface area (Å²) < 4.78 is 42.2. The van der Waals surface area contributed by atoms with Crippen molar-refractivity contribution in [2.75, 3.05) is 6.61 Å². The van der Waals surface area contributed by atoms with E-state index in [0.717, 1.165) is 0 Å². The third-order valence-corrected chi connectivity index (χ3v) is 3.43. The molecule has 0 aromatic heterocycles. The fourth-order valence-electron chi connectivity index (χ4n) is 1.64. The van der Waals surface area contributed by atoms with E-state index in [0.29, 0.717) is 11.1 Å². The lowest BCUT2D eigenvalue weighted by molar-refractivity contribution is -0.143. The Kier molecular flexibility index (Phi) is 5.72. The first-order valence-electron chi connectivity index (χ1n) is 5.83. The number of hydrogen-bond donors (Lipinski definition) is 0. The van der Waals surface area contributed by atoms with Crippen LogP contribution < -0.4 is 0 Å². The summed E-state index contributed by atoms with van der Waals surface area (Å²) in [5.74, 6) is -0.396. The van der Waals surface area contributed by atoms with Crippen molar-refractivity contribution in [2.45, 2.75) is 37.1 Å².